The molecule has 8 bridgehead atoms. The molecule has 7 aromatic rings. The van der Waals surface area contributed by atoms with Gasteiger partial charge in [-0.15, -0.1) is 0 Å². The van der Waals surface area contributed by atoms with Crippen LogP contribution in [-0.2, 0) is 0 Å². The number of hydrogen-bond acceptors (Lipinski definition) is 14. The molecule has 13 rings (SSSR count). The van der Waals surface area contributed by atoms with Crippen LogP contribution in [0.3, 0.4) is 0 Å². The molecular formula is C52H58N16. The summed E-state index contributed by atoms with van der Waals surface area (Å²) in [5.74, 6) is 2.46. The van der Waals surface area contributed by atoms with Crippen LogP contribution in [0.4, 0.5) is 22.7 Å². The Morgan fingerprint density at radius 3 is 0.897 bits per heavy atom. The predicted molar refractivity (Wildman–Crippen MR) is 275 cm³/mol. The van der Waals surface area contributed by atoms with E-state index in [2.05, 4.69) is 138 Å². The third-order valence-corrected chi connectivity index (χ3v) is 15.2. The minimum atomic E-state index is 0.609. The average Bonchev–Trinajstić information content (AvgIpc) is 4.10. The Hall–Kier alpha value is -6.72. The third-order valence-electron chi connectivity index (χ3n) is 15.2. The molecule has 4 fully saturated rings. The lowest BCUT2D eigenvalue weighted by atomic mass is 9.99. The fourth-order valence-electron chi connectivity index (χ4n) is 11.2. The van der Waals surface area contributed by atoms with Gasteiger partial charge in [0.1, 0.15) is 22.6 Å². The number of hydrogen-bond donors (Lipinski definition) is 2. The first-order valence-electron chi connectivity index (χ1n) is 24.4. The molecule has 2 N–H and O–H groups in total. The quantitative estimate of drug-likeness (QED) is 0.218. The number of benzene rings is 4. The fourth-order valence-corrected chi connectivity index (χ4v) is 11.2. The van der Waals surface area contributed by atoms with Crippen molar-refractivity contribution in [3.8, 4) is 45.6 Å². The molecule has 68 heavy (non-hydrogen) atoms. The number of anilines is 4. The minimum Gasteiger partial charge on any atom is -0.367 e. The van der Waals surface area contributed by atoms with Crippen LogP contribution in [0.5, 0.6) is 0 Å². The normalized spacial score (nSPS) is 18.8. The molecule has 346 valence electrons. The van der Waals surface area contributed by atoms with E-state index in [1.807, 2.05) is 12.1 Å². The topological polar surface area (TPSA) is 135 Å². The van der Waals surface area contributed by atoms with E-state index < -0.39 is 0 Å². The van der Waals surface area contributed by atoms with Gasteiger partial charge in [0, 0.05) is 138 Å². The second kappa shape index (κ2) is 16.5. The van der Waals surface area contributed by atoms with Gasteiger partial charge < -0.3 is 49.2 Å². The maximum Gasteiger partial charge on any atom is 0.164 e. The largest absolute Gasteiger partial charge is 0.367 e. The lowest BCUT2D eigenvalue weighted by Crippen LogP contribution is -2.50. The molecule has 6 aliphatic rings. The van der Waals surface area contributed by atoms with Crippen LogP contribution in [-0.4, -0.2) is 192 Å². The minimum absolute atomic E-state index is 0.609. The predicted octanol–water partition coefficient (Wildman–Crippen LogP) is 5.88. The Labute approximate surface area is 395 Å². The molecular weight excluding hydrogens is 849 g/mol. The molecule has 0 saturated carbocycles. The van der Waals surface area contributed by atoms with Gasteiger partial charge in [-0.25, -0.2) is 29.9 Å². The maximum absolute atomic E-state index is 5.72. The van der Waals surface area contributed by atoms with Gasteiger partial charge in [-0.1, -0.05) is 72.8 Å². The molecule has 0 radical (unpaired) electrons. The van der Waals surface area contributed by atoms with Crippen molar-refractivity contribution in [3.63, 3.8) is 0 Å². The van der Waals surface area contributed by atoms with Crippen molar-refractivity contribution in [1.82, 2.24) is 59.5 Å². The molecule has 3 aromatic heterocycles. The molecule has 0 spiro atoms. The van der Waals surface area contributed by atoms with Crippen molar-refractivity contribution >= 4 is 66.9 Å². The van der Waals surface area contributed by atoms with Crippen LogP contribution >= 0.6 is 0 Å². The van der Waals surface area contributed by atoms with Gasteiger partial charge in [0.05, 0.1) is 33.5 Å². The highest BCUT2D eigenvalue weighted by Gasteiger charge is 2.37. The van der Waals surface area contributed by atoms with Gasteiger partial charge >= 0.3 is 0 Å². The van der Waals surface area contributed by atoms with E-state index in [1.165, 1.54) is 22.7 Å². The average molecular weight is 907 g/mol. The number of H-pyrrole nitrogens is 2. The number of nitrogens with zero attached hydrogens (tertiary/aromatic N) is 14. The van der Waals surface area contributed by atoms with E-state index >= 15 is 0 Å². The standard InChI is InChI=1S/C52H58N16/c1-61-17-25-65(26-18-61)41-39-40(42(66-27-19-62(2)20-28-66)44(68-31-23-64(4)24-32-68)43(41)67-29-21-63(3)22-30-67)52-59-50-38-16-10-8-14-36(38)48(57-50)55-46-34-12-6-5-11-33(34)45(53-46)54-47-35-13-7-9-15-37(35)49(56-47)58-51(39)60-52/h5-16H,17-32H2,1-4H3,(H2,53,54,55,56,57,58,59,60). The Kier molecular flexibility index (Phi) is 10.1. The zero-order valence-corrected chi connectivity index (χ0v) is 39.5. The third kappa shape index (κ3) is 6.94. The second-order valence-corrected chi connectivity index (χ2v) is 19.6. The summed E-state index contributed by atoms with van der Waals surface area (Å²) < 4.78 is 0. The van der Waals surface area contributed by atoms with Gasteiger partial charge in [-0.2, -0.15) is 0 Å². The van der Waals surface area contributed by atoms with Gasteiger partial charge in [0.2, 0.25) is 0 Å². The molecule has 0 amide bonds. The van der Waals surface area contributed by atoms with Gasteiger partial charge in [0.15, 0.2) is 23.3 Å². The van der Waals surface area contributed by atoms with Crippen LogP contribution in [0.2, 0.25) is 0 Å². The van der Waals surface area contributed by atoms with Crippen LogP contribution in [0.15, 0.2) is 72.8 Å². The van der Waals surface area contributed by atoms with E-state index in [0.29, 0.717) is 34.6 Å². The first-order chi connectivity index (χ1) is 33.3. The van der Waals surface area contributed by atoms with E-state index in [0.717, 1.165) is 160 Å². The lowest BCUT2D eigenvalue weighted by Gasteiger charge is -2.46. The molecule has 0 atom stereocenters. The van der Waals surface area contributed by atoms with Crippen LogP contribution in [0.25, 0.3) is 89.7 Å². The summed E-state index contributed by atoms with van der Waals surface area (Å²) >= 11 is 0. The highest BCUT2D eigenvalue weighted by atomic mass is 15.3. The van der Waals surface area contributed by atoms with Gasteiger partial charge in [0.25, 0.3) is 0 Å². The summed E-state index contributed by atoms with van der Waals surface area (Å²) in [5.41, 5.74) is 11.8. The number of nitrogens with one attached hydrogen (secondary N) is 2. The first-order valence-corrected chi connectivity index (χ1v) is 24.4. The number of aromatic nitrogens is 8. The zero-order valence-electron chi connectivity index (χ0n) is 39.5. The van der Waals surface area contributed by atoms with Crippen LogP contribution in [0, 0.1) is 0 Å². The van der Waals surface area contributed by atoms with E-state index in [9.17, 15) is 0 Å². The molecule has 6 aliphatic heterocycles. The van der Waals surface area contributed by atoms with Crippen LogP contribution < -0.4 is 19.6 Å². The highest BCUT2D eigenvalue weighted by Crippen LogP contribution is 2.55. The number of fused-ring (bicyclic) bond motifs is 20. The van der Waals surface area contributed by atoms with Crippen molar-refractivity contribution in [1.29, 1.82) is 0 Å². The Morgan fingerprint density at radius 1 is 0.309 bits per heavy atom. The Balaban J connectivity index is 1.23. The molecule has 9 heterocycles. The second-order valence-electron chi connectivity index (χ2n) is 19.6. The number of piperazine rings is 4. The van der Waals surface area contributed by atoms with Crippen molar-refractivity contribution < 1.29 is 0 Å². The lowest BCUT2D eigenvalue weighted by molar-refractivity contribution is 0.306. The van der Waals surface area contributed by atoms with Crippen molar-refractivity contribution in [3.05, 3.63) is 72.8 Å². The summed E-state index contributed by atoms with van der Waals surface area (Å²) in [5, 5.41) is 4.10. The van der Waals surface area contributed by atoms with E-state index in [4.69, 9.17) is 29.9 Å². The van der Waals surface area contributed by atoms with Crippen LogP contribution in [0.1, 0.15) is 0 Å². The van der Waals surface area contributed by atoms with Crippen molar-refractivity contribution in [2.24, 2.45) is 0 Å². The fraction of sp³-hybridized carbons (Fsp3) is 0.385. The summed E-state index contributed by atoms with van der Waals surface area (Å²) in [6, 6.07) is 25.0. The summed E-state index contributed by atoms with van der Waals surface area (Å²) in [7, 11) is 9.00. The van der Waals surface area contributed by atoms with E-state index in [-0.39, 0.29) is 0 Å². The van der Waals surface area contributed by atoms with Crippen molar-refractivity contribution in [2.45, 2.75) is 0 Å². The van der Waals surface area contributed by atoms with E-state index in [1.54, 1.807) is 0 Å². The number of aromatic amines is 2. The first kappa shape index (κ1) is 41.5. The SMILES string of the molecule is CN1CCN(c2c(N3CCN(C)CC3)c(N3CCN(C)CC3)c3c4nc5nc(nc6[nH]c(nc7nc(nc([nH]4)c3c2N2CCN(C)CC2)-c2ccccc2-7)c2ccccc62)-c2ccccc2-5)CC1. The molecule has 4 saturated heterocycles. The highest BCUT2D eigenvalue weighted by molar-refractivity contribution is 6.25. The molecule has 4 aromatic carbocycles. The summed E-state index contributed by atoms with van der Waals surface area (Å²) in [4.78, 5) is 60.9. The Morgan fingerprint density at radius 2 is 0.574 bits per heavy atom. The Bertz CT molecular complexity index is 3060. The molecule has 16 heteroatoms. The smallest absolute Gasteiger partial charge is 0.164 e. The number of rotatable bonds is 4. The zero-order chi connectivity index (χ0) is 45.6. The molecule has 0 aliphatic carbocycles. The van der Waals surface area contributed by atoms with Gasteiger partial charge in [-0.3, -0.25) is 0 Å². The van der Waals surface area contributed by atoms with Gasteiger partial charge in [-0.05, 0) is 28.2 Å². The van der Waals surface area contributed by atoms with Crippen molar-refractivity contribution in [2.75, 3.05) is 153 Å². The molecule has 0 unspecified atom stereocenters. The monoisotopic (exact) mass is 907 g/mol. The summed E-state index contributed by atoms with van der Waals surface area (Å²) in [6.45, 7) is 15.2. The molecule has 16 nitrogen and oxygen atoms in total. The maximum atomic E-state index is 5.72. The number of likely N-dealkylation sites (N-methyl/N-ethyl adjacent to an activating group) is 4. The summed E-state index contributed by atoms with van der Waals surface area (Å²) in [6.07, 6.45) is 0.